The second-order valence-corrected chi connectivity index (χ2v) is 4.61. The summed E-state index contributed by atoms with van der Waals surface area (Å²) in [5, 5.41) is 0. The molecule has 122 valence electrons. The molecule has 0 saturated heterocycles. The van der Waals surface area contributed by atoms with Crippen molar-refractivity contribution in [3.8, 4) is 0 Å². The van der Waals surface area contributed by atoms with Crippen LogP contribution in [0.5, 0.6) is 0 Å². The molecule has 0 saturated carbocycles. The summed E-state index contributed by atoms with van der Waals surface area (Å²) in [7, 11) is -4.64. The number of hydrogen-bond acceptors (Lipinski definition) is 4. The fourth-order valence-corrected chi connectivity index (χ4v) is 0.938. The Balaban J connectivity index is 0.000000282. The van der Waals surface area contributed by atoms with E-state index in [1.165, 1.54) is 0 Å². The van der Waals surface area contributed by atoms with Crippen LogP contribution in [0.2, 0.25) is 0 Å². The van der Waals surface area contributed by atoms with E-state index in [-0.39, 0.29) is 0 Å². The molecule has 0 aromatic carbocycles. The van der Waals surface area contributed by atoms with Gasteiger partial charge in [-0.1, -0.05) is 18.2 Å². The van der Waals surface area contributed by atoms with Crippen molar-refractivity contribution in [1.82, 2.24) is 15.0 Å². The van der Waals surface area contributed by atoms with E-state index in [1.54, 1.807) is 37.2 Å². The van der Waals surface area contributed by atoms with Gasteiger partial charge in [0.1, 0.15) is 0 Å². The third-order valence-electron chi connectivity index (χ3n) is 1.70. The lowest BCUT2D eigenvalue weighted by Crippen LogP contribution is -1.66. The van der Waals surface area contributed by atoms with Crippen molar-refractivity contribution in [2.75, 3.05) is 0 Å². The summed E-state index contributed by atoms with van der Waals surface area (Å²) in [6.07, 6.45) is 10.5. The molecule has 0 radical (unpaired) electrons. The van der Waals surface area contributed by atoms with Gasteiger partial charge in [0.15, 0.2) is 0 Å². The lowest BCUT2D eigenvalue weighted by atomic mass is 10.5. The molecule has 3 N–H and O–H groups in total. The second-order valence-electron chi connectivity index (χ2n) is 3.59. The van der Waals surface area contributed by atoms with Gasteiger partial charge in [-0.2, -0.15) is 0 Å². The van der Waals surface area contributed by atoms with E-state index >= 15 is 0 Å². The largest absolute Gasteiger partial charge is 0.466 e. The van der Waals surface area contributed by atoms with E-state index in [0.29, 0.717) is 0 Å². The van der Waals surface area contributed by atoms with Crippen LogP contribution in [0.3, 0.4) is 0 Å². The highest BCUT2D eigenvalue weighted by atomic mass is 31.2. The first-order valence-electron chi connectivity index (χ1n) is 6.33. The Hall–Kier alpha value is -2.44. The molecular formula is C15H18N3O4P. The number of hydrogen-bond donors (Lipinski definition) is 3. The SMILES string of the molecule is O=P(O)(O)O.c1ccncc1.c1ccncc1.c1ccncc1. The highest BCUT2D eigenvalue weighted by molar-refractivity contribution is 7.45. The van der Waals surface area contributed by atoms with Crippen LogP contribution in [-0.2, 0) is 4.57 Å². The Morgan fingerprint density at radius 2 is 0.652 bits per heavy atom. The molecule has 0 unspecified atom stereocenters. The lowest BCUT2D eigenvalue weighted by Gasteiger charge is -1.82. The number of nitrogens with zero attached hydrogens (tertiary/aromatic N) is 3. The number of pyridine rings is 3. The lowest BCUT2D eigenvalue weighted by molar-refractivity contribution is 0.275. The zero-order chi connectivity index (χ0) is 17.2. The molecule has 3 rings (SSSR count). The smallest absolute Gasteiger partial charge is 0.303 e. The van der Waals surface area contributed by atoms with Crippen LogP contribution in [0.4, 0.5) is 0 Å². The quantitative estimate of drug-likeness (QED) is 0.540. The summed E-state index contributed by atoms with van der Waals surface area (Å²) in [4.78, 5) is 32.9. The van der Waals surface area contributed by atoms with Gasteiger partial charge >= 0.3 is 7.82 Å². The maximum absolute atomic E-state index is 8.88. The van der Waals surface area contributed by atoms with E-state index in [9.17, 15) is 0 Å². The Morgan fingerprint density at radius 1 is 0.478 bits per heavy atom. The van der Waals surface area contributed by atoms with Crippen molar-refractivity contribution in [3.63, 3.8) is 0 Å². The Labute approximate surface area is 134 Å². The minimum absolute atomic E-state index is 1.75. The van der Waals surface area contributed by atoms with Gasteiger partial charge in [0.25, 0.3) is 0 Å². The molecule has 0 aliphatic rings. The zero-order valence-electron chi connectivity index (χ0n) is 12.2. The average Bonchev–Trinajstić information content (AvgIpc) is 2.59. The molecule has 0 atom stereocenters. The van der Waals surface area contributed by atoms with Crippen molar-refractivity contribution >= 4 is 7.82 Å². The molecule has 3 aromatic heterocycles. The first-order valence-corrected chi connectivity index (χ1v) is 7.90. The van der Waals surface area contributed by atoms with Gasteiger partial charge in [-0.25, -0.2) is 4.57 Å². The molecule has 3 aromatic rings. The van der Waals surface area contributed by atoms with Crippen molar-refractivity contribution in [3.05, 3.63) is 91.8 Å². The maximum atomic E-state index is 8.88. The molecule has 0 aliphatic carbocycles. The van der Waals surface area contributed by atoms with Crippen molar-refractivity contribution in [2.45, 2.75) is 0 Å². The van der Waals surface area contributed by atoms with Gasteiger partial charge in [-0.15, -0.1) is 0 Å². The Bertz CT molecular complexity index is 446. The van der Waals surface area contributed by atoms with E-state index in [2.05, 4.69) is 15.0 Å². The molecule has 7 nitrogen and oxygen atoms in total. The van der Waals surface area contributed by atoms with E-state index in [0.717, 1.165) is 0 Å². The summed E-state index contributed by atoms with van der Waals surface area (Å²) in [5.74, 6) is 0. The van der Waals surface area contributed by atoms with Crippen molar-refractivity contribution in [2.24, 2.45) is 0 Å². The normalized spacial score (nSPS) is 8.83. The Kier molecular flexibility index (Phi) is 13.0. The van der Waals surface area contributed by atoms with Crippen LogP contribution in [0.1, 0.15) is 0 Å². The number of rotatable bonds is 0. The molecule has 0 amide bonds. The van der Waals surface area contributed by atoms with Gasteiger partial charge in [0.05, 0.1) is 0 Å². The van der Waals surface area contributed by atoms with Gasteiger partial charge in [-0.05, 0) is 36.4 Å². The number of aromatic nitrogens is 3. The predicted octanol–water partition coefficient (Wildman–Crippen LogP) is 2.32. The molecule has 0 fully saturated rings. The predicted molar refractivity (Wildman–Crippen MR) is 87.0 cm³/mol. The van der Waals surface area contributed by atoms with Crippen LogP contribution in [0, 0.1) is 0 Å². The van der Waals surface area contributed by atoms with Gasteiger partial charge in [0, 0.05) is 37.2 Å². The molecule has 0 spiro atoms. The van der Waals surface area contributed by atoms with E-state index < -0.39 is 7.82 Å². The Morgan fingerprint density at radius 3 is 0.696 bits per heavy atom. The highest BCUT2D eigenvalue weighted by Gasteiger charge is 2.00. The van der Waals surface area contributed by atoms with Crippen LogP contribution in [0.15, 0.2) is 91.8 Å². The summed E-state index contributed by atoms with van der Waals surface area (Å²) < 4.78 is 8.88. The molecule has 23 heavy (non-hydrogen) atoms. The van der Waals surface area contributed by atoms with E-state index in [4.69, 9.17) is 19.2 Å². The monoisotopic (exact) mass is 335 g/mol. The average molecular weight is 335 g/mol. The van der Waals surface area contributed by atoms with Crippen LogP contribution >= 0.6 is 7.82 Å². The highest BCUT2D eigenvalue weighted by Crippen LogP contribution is 2.25. The fourth-order valence-electron chi connectivity index (χ4n) is 0.938. The van der Waals surface area contributed by atoms with Crippen LogP contribution < -0.4 is 0 Å². The second kappa shape index (κ2) is 14.5. The molecule has 8 heteroatoms. The van der Waals surface area contributed by atoms with Gasteiger partial charge in [0.2, 0.25) is 0 Å². The van der Waals surface area contributed by atoms with Gasteiger partial charge in [-0.3, -0.25) is 15.0 Å². The molecule has 0 aliphatic heterocycles. The van der Waals surface area contributed by atoms with Crippen LogP contribution in [-0.4, -0.2) is 29.6 Å². The zero-order valence-corrected chi connectivity index (χ0v) is 13.1. The summed E-state index contributed by atoms with van der Waals surface area (Å²) >= 11 is 0. The van der Waals surface area contributed by atoms with Crippen LogP contribution in [0.25, 0.3) is 0 Å². The third kappa shape index (κ3) is 24.9. The first-order chi connectivity index (χ1) is 11.0. The topological polar surface area (TPSA) is 116 Å². The first kappa shape index (κ1) is 20.6. The minimum Gasteiger partial charge on any atom is -0.303 e. The summed E-state index contributed by atoms with van der Waals surface area (Å²) in [5.41, 5.74) is 0. The third-order valence-corrected chi connectivity index (χ3v) is 1.70. The van der Waals surface area contributed by atoms with E-state index in [1.807, 2.05) is 54.6 Å². The summed E-state index contributed by atoms with van der Waals surface area (Å²) in [6, 6.07) is 17.1. The fraction of sp³-hybridized carbons (Fsp3) is 0. The molecule has 0 bridgehead atoms. The summed E-state index contributed by atoms with van der Waals surface area (Å²) in [6.45, 7) is 0. The minimum atomic E-state index is -4.64. The maximum Gasteiger partial charge on any atom is 0.466 e. The molecular weight excluding hydrogens is 317 g/mol. The molecule has 3 heterocycles. The van der Waals surface area contributed by atoms with Crippen molar-refractivity contribution < 1.29 is 19.2 Å². The number of phosphoric acid groups is 1. The van der Waals surface area contributed by atoms with Crippen molar-refractivity contribution in [1.29, 1.82) is 0 Å². The standard InChI is InChI=1S/3C5H5N.H3O4P/c3*1-2-4-6-5-3-1;1-5(2,3)4/h3*1-5H;(H3,1,2,3,4). The van der Waals surface area contributed by atoms with Gasteiger partial charge < -0.3 is 14.7 Å².